The number of rotatable bonds is 3. The second-order valence-electron chi connectivity index (χ2n) is 5.55. The zero-order valence-electron chi connectivity index (χ0n) is 12.6. The van der Waals surface area contributed by atoms with Gasteiger partial charge in [0.2, 0.25) is 11.8 Å². The highest BCUT2D eigenvalue weighted by atomic mass is 35.5. The number of carbonyl (C=O) groups excluding carboxylic acids is 2. The van der Waals surface area contributed by atoms with Crippen LogP contribution in [0.5, 0.6) is 0 Å². The number of anilines is 1. The molecule has 1 aromatic rings. The molecule has 22 heavy (non-hydrogen) atoms. The Morgan fingerprint density at radius 2 is 1.86 bits per heavy atom. The first-order chi connectivity index (χ1) is 10.3. The maximum absolute atomic E-state index is 12.2. The van der Waals surface area contributed by atoms with E-state index < -0.39 is 0 Å². The van der Waals surface area contributed by atoms with Crippen molar-refractivity contribution in [2.45, 2.75) is 19.3 Å². The summed E-state index contributed by atoms with van der Waals surface area (Å²) in [6.07, 6.45) is 1.75. The summed E-state index contributed by atoms with van der Waals surface area (Å²) in [6.45, 7) is 3.74. The van der Waals surface area contributed by atoms with Gasteiger partial charge in [0, 0.05) is 51.3 Å². The van der Waals surface area contributed by atoms with E-state index in [2.05, 4.69) is 11.4 Å². The van der Waals surface area contributed by atoms with E-state index in [-0.39, 0.29) is 24.2 Å². The second-order valence-corrected chi connectivity index (χ2v) is 5.55. The summed E-state index contributed by atoms with van der Waals surface area (Å²) >= 11 is 0. The molecule has 0 aromatic heterocycles. The van der Waals surface area contributed by atoms with Gasteiger partial charge >= 0.3 is 0 Å². The topological polar surface area (TPSA) is 52.7 Å². The molecule has 120 valence electrons. The lowest BCUT2D eigenvalue weighted by Crippen LogP contribution is -2.47. The van der Waals surface area contributed by atoms with Crippen LogP contribution in [0.25, 0.3) is 0 Å². The molecule has 2 aliphatic heterocycles. The molecule has 3 rings (SSSR count). The second kappa shape index (κ2) is 7.61. The van der Waals surface area contributed by atoms with E-state index >= 15 is 0 Å². The van der Waals surface area contributed by atoms with Gasteiger partial charge in [0.15, 0.2) is 0 Å². The Hall–Kier alpha value is -1.59. The number of hydrogen-bond acceptors (Lipinski definition) is 3. The van der Waals surface area contributed by atoms with Crippen LogP contribution in [0.15, 0.2) is 24.3 Å². The number of halogens is 1. The van der Waals surface area contributed by atoms with E-state index in [0.29, 0.717) is 19.4 Å². The lowest BCUT2D eigenvalue weighted by atomic mass is 10.0. The van der Waals surface area contributed by atoms with Crippen molar-refractivity contribution in [1.82, 2.24) is 10.2 Å². The highest BCUT2D eigenvalue weighted by Gasteiger charge is 2.25. The first-order valence-electron chi connectivity index (χ1n) is 7.62. The highest BCUT2D eigenvalue weighted by Crippen LogP contribution is 2.27. The first-order valence-corrected chi connectivity index (χ1v) is 7.62. The van der Waals surface area contributed by atoms with E-state index in [9.17, 15) is 9.59 Å². The number of amides is 2. The van der Waals surface area contributed by atoms with Gasteiger partial charge in [-0.25, -0.2) is 0 Å². The summed E-state index contributed by atoms with van der Waals surface area (Å²) in [5.41, 5.74) is 2.17. The van der Waals surface area contributed by atoms with Crippen molar-refractivity contribution in [1.29, 1.82) is 0 Å². The standard InChI is InChI=1S/C16H21N3O2.ClH/c20-15(18-11-8-17-9-12-18)7-10-19-14-4-2-1-3-13(14)5-6-16(19)21;/h1-4,17H,5-12H2;1H. The molecule has 1 N–H and O–H groups in total. The van der Waals surface area contributed by atoms with Crippen LogP contribution < -0.4 is 10.2 Å². The Bertz CT molecular complexity index is 544. The molecule has 0 atom stereocenters. The SMILES string of the molecule is Cl.O=C(CCN1C(=O)CCc2ccccc21)N1CCNCC1. The minimum absolute atomic E-state index is 0. The Morgan fingerprint density at radius 1 is 1.14 bits per heavy atom. The van der Waals surface area contributed by atoms with Crippen molar-refractivity contribution in [2.75, 3.05) is 37.6 Å². The van der Waals surface area contributed by atoms with E-state index in [1.807, 2.05) is 23.1 Å². The van der Waals surface area contributed by atoms with Crippen LogP contribution in [0.4, 0.5) is 5.69 Å². The Morgan fingerprint density at radius 3 is 2.64 bits per heavy atom. The Labute approximate surface area is 137 Å². The van der Waals surface area contributed by atoms with E-state index in [0.717, 1.165) is 38.3 Å². The normalized spacial score (nSPS) is 17.7. The van der Waals surface area contributed by atoms with Crippen LogP contribution in [-0.4, -0.2) is 49.4 Å². The molecule has 1 fully saturated rings. The van der Waals surface area contributed by atoms with Crippen molar-refractivity contribution in [3.63, 3.8) is 0 Å². The Kier molecular flexibility index (Phi) is 5.80. The predicted octanol–water partition coefficient (Wildman–Crippen LogP) is 1.21. The molecule has 5 nitrogen and oxygen atoms in total. The van der Waals surface area contributed by atoms with Crippen LogP contribution in [0.3, 0.4) is 0 Å². The van der Waals surface area contributed by atoms with Gasteiger partial charge < -0.3 is 15.1 Å². The maximum atomic E-state index is 12.2. The van der Waals surface area contributed by atoms with Crippen LogP contribution in [0.1, 0.15) is 18.4 Å². The quantitative estimate of drug-likeness (QED) is 0.909. The summed E-state index contributed by atoms with van der Waals surface area (Å²) in [5, 5.41) is 3.24. The third kappa shape index (κ3) is 3.59. The van der Waals surface area contributed by atoms with Crippen molar-refractivity contribution >= 4 is 29.9 Å². The third-order valence-electron chi connectivity index (χ3n) is 4.21. The number of fused-ring (bicyclic) bond motifs is 1. The van der Waals surface area contributed by atoms with Gasteiger partial charge in [0.25, 0.3) is 0 Å². The average Bonchev–Trinajstić information content (AvgIpc) is 2.54. The molecule has 0 spiro atoms. The molecular formula is C16H22ClN3O2. The number of hydrogen-bond donors (Lipinski definition) is 1. The number of nitrogens with one attached hydrogen (secondary N) is 1. The lowest BCUT2D eigenvalue weighted by Gasteiger charge is -2.31. The third-order valence-corrected chi connectivity index (χ3v) is 4.21. The summed E-state index contributed by atoms with van der Waals surface area (Å²) in [6, 6.07) is 7.98. The van der Waals surface area contributed by atoms with Gasteiger partial charge in [0.1, 0.15) is 0 Å². The smallest absolute Gasteiger partial charge is 0.227 e. The van der Waals surface area contributed by atoms with Crippen molar-refractivity contribution in [3.8, 4) is 0 Å². The summed E-state index contributed by atoms with van der Waals surface area (Å²) < 4.78 is 0. The zero-order valence-corrected chi connectivity index (χ0v) is 13.4. The van der Waals surface area contributed by atoms with Crippen LogP contribution in [0, 0.1) is 0 Å². The van der Waals surface area contributed by atoms with E-state index in [1.54, 1.807) is 4.90 Å². The van der Waals surface area contributed by atoms with Gasteiger partial charge in [-0.05, 0) is 18.1 Å². The monoisotopic (exact) mass is 323 g/mol. The first kappa shape index (κ1) is 16.8. The lowest BCUT2D eigenvalue weighted by molar-refractivity contribution is -0.131. The van der Waals surface area contributed by atoms with Crippen molar-refractivity contribution in [3.05, 3.63) is 29.8 Å². The largest absolute Gasteiger partial charge is 0.340 e. The molecule has 1 aromatic carbocycles. The fourth-order valence-corrected chi connectivity index (χ4v) is 3.02. The number of aryl methyl sites for hydroxylation is 1. The highest BCUT2D eigenvalue weighted by molar-refractivity contribution is 5.97. The molecule has 1 saturated heterocycles. The minimum atomic E-state index is 0. The molecule has 0 bridgehead atoms. The molecule has 0 unspecified atom stereocenters. The summed E-state index contributed by atoms with van der Waals surface area (Å²) in [5.74, 6) is 0.272. The molecule has 0 radical (unpaired) electrons. The number of nitrogens with zero attached hydrogens (tertiary/aromatic N) is 2. The molecular weight excluding hydrogens is 302 g/mol. The van der Waals surface area contributed by atoms with Crippen LogP contribution in [-0.2, 0) is 16.0 Å². The molecule has 0 saturated carbocycles. The van der Waals surface area contributed by atoms with Crippen molar-refractivity contribution in [2.24, 2.45) is 0 Å². The predicted molar refractivity (Wildman–Crippen MR) is 88.4 cm³/mol. The number of benzene rings is 1. The molecule has 6 heteroatoms. The summed E-state index contributed by atoms with van der Waals surface area (Å²) in [7, 11) is 0. The van der Waals surface area contributed by atoms with Crippen LogP contribution >= 0.6 is 12.4 Å². The fourth-order valence-electron chi connectivity index (χ4n) is 3.02. The zero-order chi connectivity index (χ0) is 14.7. The van der Waals surface area contributed by atoms with Gasteiger partial charge in [-0.2, -0.15) is 0 Å². The van der Waals surface area contributed by atoms with Crippen molar-refractivity contribution < 1.29 is 9.59 Å². The average molecular weight is 324 g/mol. The van der Waals surface area contributed by atoms with E-state index in [1.165, 1.54) is 5.56 Å². The van der Waals surface area contributed by atoms with Gasteiger partial charge in [-0.15, -0.1) is 12.4 Å². The fraction of sp³-hybridized carbons (Fsp3) is 0.500. The Balaban J connectivity index is 0.00000176. The maximum Gasteiger partial charge on any atom is 0.227 e. The number of carbonyl (C=O) groups is 2. The van der Waals surface area contributed by atoms with E-state index in [4.69, 9.17) is 0 Å². The van der Waals surface area contributed by atoms with Gasteiger partial charge in [-0.1, -0.05) is 18.2 Å². The molecule has 0 aliphatic carbocycles. The molecule has 2 amide bonds. The molecule has 2 aliphatic rings. The van der Waals surface area contributed by atoms with Gasteiger partial charge in [0.05, 0.1) is 0 Å². The van der Waals surface area contributed by atoms with Crippen LogP contribution in [0.2, 0.25) is 0 Å². The number of para-hydroxylation sites is 1. The number of piperazine rings is 1. The molecule has 2 heterocycles. The minimum Gasteiger partial charge on any atom is -0.340 e. The van der Waals surface area contributed by atoms with Gasteiger partial charge in [-0.3, -0.25) is 9.59 Å². The summed E-state index contributed by atoms with van der Waals surface area (Å²) in [4.78, 5) is 28.0.